The van der Waals surface area contributed by atoms with Crippen molar-refractivity contribution >= 4 is 5.97 Å². The van der Waals surface area contributed by atoms with Crippen LogP contribution in [0.1, 0.15) is 30.4 Å². The van der Waals surface area contributed by atoms with Crippen LogP contribution in [0.15, 0.2) is 53.5 Å². The van der Waals surface area contributed by atoms with Gasteiger partial charge in [0.25, 0.3) is 5.56 Å². The van der Waals surface area contributed by atoms with E-state index in [9.17, 15) is 9.59 Å². The Bertz CT molecular complexity index is 661. The standard InChI is InChI=1S/C17H19NO3/c1-3-14(17(20)21-2)15-10-7-11-18(16(15)19)12-13-8-5-4-6-9-13/h4-11,14H,3,12H2,1-2H3. The Morgan fingerprint density at radius 3 is 2.52 bits per heavy atom. The molecule has 0 saturated heterocycles. The summed E-state index contributed by atoms with van der Waals surface area (Å²) in [7, 11) is 1.34. The third kappa shape index (κ3) is 3.40. The first-order chi connectivity index (χ1) is 10.2. The summed E-state index contributed by atoms with van der Waals surface area (Å²) in [5.41, 5.74) is 1.39. The summed E-state index contributed by atoms with van der Waals surface area (Å²) < 4.78 is 6.41. The summed E-state index contributed by atoms with van der Waals surface area (Å²) in [6, 6.07) is 13.3. The SMILES string of the molecule is CCC(C(=O)OC)c1cccn(Cc2ccccc2)c1=O. The summed E-state index contributed by atoms with van der Waals surface area (Å²) in [6.45, 7) is 2.36. The monoisotopic (exact) mass is 285 g/mol. The molecule has 0 bridgehead atoms. The van der Waals surface area contributed by atoms with Crippen LogP contribution in [0.4, 0.5) is 0 Å². The number of hydrogen-bond acceptors (Lipinski definition) is 3. The highest BCUT2D eigenvalue weighted by Crippen LogP contribution is 2.17. The minimum absolute atomic E-state index is 0.140. The van der Waals surface area contributed by atoms with Crippen molar-refractivity contribution in [3.63, 3.8) is 0 Å². The van der Waals surface area contributed by atoms with E-state index in [1.54, 1.807) is 22.9 Å². The van der Waals surface area contributed by atoms with Crippen LogP contribution in [0.25, 0.3) is 0 Å². The van der Waals surface area contributed by atoms with Crippen molar-refractivity contribution in [3.05, 3.63) is 70.1 Å². The predicted octanol–water partition coefficient (Wildman–Crippen LogP) is 2.56. The number of aromatic nitrogens is 1. The Balaban J connectivity index is 2.36. The van der Waals surface area contributed by atoms with Crippen LogP contribution >= 0.6 is 0 Å². The van der Waals surface area contributed by atoms with Gasteiger partial charge in [0.1, 0.15) is 0 Å². The molecule has 2 rings (SSSR count). The maximum atomic E-state index is 12.5. The fourth-order valence-corrected chi connectivity index (χ4v) is 2.38. The Kier molecular flexibility index (Phi) is 4.93. The van der Waals surface area contributed by atoms with E-state index in [2.05, 4.69) is 0 Å². The van der Waals surface area contributed by atoms with Crippen LogP contribution < -0.4 is 5.56 Å². The first kappa shape index (κ1) is 15.0. The minimum Gasteiger partial charge on any atom is -0.469 e. The van der Waals surface area contributed by atoms with Crippen LogP contribution in [-0.4, -0.2) is 17.6 Å². The summed E-state index contributed by atoms with van der Waals surface area (Å²) in [5.74, 6) is -0.877. The molecule has 0 spiro atoms. The normalized spacial score (nSPS) is 11.9. The lowest BCUT2D eigenvalue weighted by atomic mass is 9.98. The third-order valence-electron chi connectivity index (χ3n) is 3.51. The summed E-state index contributed by atoms with van der Waals surface area (Å²) in [4.78, 5) is 24.3. The molecule has 0 aliphatic carbocycles. The van der Waals surface area contributed by atoms with E-state index in [0.29, 0.717) is 18.5 Å². The second-order valence-electron chi connectivity index (χ2n) is 4.87. The molecule has 0 aliphatic rings. The molecule has 0 N–H and O–H groups in total. The molecule has 2 aromatic rings. The molecule has 21 heavy (non-hydrogen) atoms. The second-order valence-corrected chi connectivity index (χ2v) is 4.87. The van der Waals surface area contributed by atoms with E-state index in [-0.39, 0.29) is 11.5 Å². The van der Waals surface area contributed by atoms with E-state index in [0.717, 1.165) is 5.56 Å². The van der Waals surface area contributed by atoms with Crippen molar-refractivity contribution in [2.45, 2.75) is 25.8 Å². The lowest BCUT2D eigenvalue weighted by molar-refractivity contribution is -0.142. The first-order valence-electron chi connectivity index (χ1n) is 6.98. The van der Waals surface area contributed by atoms with Gasteiger partial charge in [-0.05, 0) is 18.1 Å². The van der Waals surface area contributed by atoms with Gasteiger partial charge in [0, 0.05) is 11.8 Å². The Labute approximate surface area is 124 Å². The second kappa shape index (κ2) is 6.88. The first-order valence-corrected chi connectivity index (χ1v) is 6.98. The van der Waals surface area contributed by atoms with Crippen molar-refractivity contribution in [2.75, 3.05) is 7.11 Å². The van der Waals surface area contributed by atoms with Crippen LogP contribution in [0.5, 0.6) is 0 Å². The van der Waals surface area contributed by atoms with Crippen LogP contribution in [0.3, 0.4) is 0 Å². The van der Waals surface area contributed by atoms with Gasteiger partial charge in [0.2, 0.25) is 0 Å². The number of ether oxygens (including phenoxy) is 1. The molecule has 0 radical (unpaired) electrons. The molecule has 0 saturated carbocycles. The molecule has 0 amide bonds. The Morgan fingerprint density at radius 2 is 1.90 bits per heavy atom. The summed E-state index contributed by atoms with van der Waals surface area (Å²) in [6.07, 6.45) is 2.28. The molecule has 1 heterocycles. The Morgan fingerprint density at radius 1 is 1.19 bits per heavy atom. The van der Waals surface area contributed by atoms with Gasteiger partial charge in [-0.25, -0.2) is 0 Å². The summed E-state index contributed by atoms with van der Waals surface area (Å²) >= 11 is 0. The van der Waals surface area contributed by atoms with Gasteiger partial charge in [-0.15, -0.1) is 0 Å². The highest BCUT2D eigenvalue weighted by atomic mass is 16.5. The van der Waals surface area contributed by atoms with Crippen molar-refractivity contribution in [3.8, 4) is 0 Å². The van der Waals surface area contributed by atoms with Crippen LogP contribution in [0, 0.1) is 0 Å². The average Bonchev–Trinajstić information content (AvgIpc) is 2.52. The van der Waals surface area contributed by atoms with Gasteiger partial charge < -0.3 is 9.30 Å². The van der Waals surface area contributed by atoms with Crippen molar-refractivity contribution < 1.29 is 9.53 Å². The van der Waals surface area contributed by atoms with Crippen LogP contribution in [0.2, 0.25) is 0 Å². The molecule has 1 aromatic carbocycles. The van der Waals surface area contributed by atoms with E-state index < -0.39 is 5.92 Å². The average molecular weight is 285 g/mol. The summed E-state index contributed by atoms with van der Waals surface area (Å²) in [5, 5.41) is 0. The third-order valence-corrected chi connectivity index (χ3v) is 3.51. The van der Waals surface area contributed by atoms with E-state index >= 15 is 0 Å². The lowest BCUT2D eigenvalue weighted by Crippen LogP contribution is -2.28. The molecule has 0 aliphatic heterocycles. The van der Waals surface area contributed by atoms with E-state index in [1.807, 2.05) is 37.3 Å². The van der Waals surface area contributed by atoms with Gasteiger partial charge >= 0.3 is 5.97 Å². The molecule has 1 unspecified atom stereocenters. The zero-order valence-corrected chi connectivity index (χ0v) is 12.3. The van der Waals surface area contributed by atoms with Gasteiger partial charge in [-0.1, -0.05) is 43.3 Å². The maximum absolute atomic E-state index is 12.5. The van der Waals surface area contributed by atoms with Crippen molar-refractivity contribution in [1.29, 1.82) is 0 Å². The topological polar surface area (TPSA) is 48.3 Å². The van der Waals surface area contributed by atoms with Crippen LogP contribution in [-0.2, 0) is 16.1 Å². The smallest absolute Gasteiger partial charge is 0.313 e. The lowest BCUT2D eigenvalue weighted by Gasteiger charge is -2.14. The van der Waals surface area contributed by atoms with Gasteiger partial charge in [-0.3, -0.25) is 9.59 Å². The predicted molar refractivity (Wildman–Crippen MR) is 81.3 cm³/mol. The highest BCUT2D eigenvalue weighted by molar-refractivity contribution is 5.77. The molecular weight excluding hydrogens is 266 g/mol. The van der Waals surface area contributed by atoms with Gasteiger partial charge in [0.15, 0.2) is 0 Å². The number of esters is 1. The molecular formula is C17H19NO3. The number of carbonyl (C=O) groups excluding carboxylic acids is 1. The fourth-order valence-electron chi connectivity index (χ4n) is 2.38. The molecule has 110 valence electrons. The van der Waals surface area contributed by atoms with Crippen molar-refractivity contribution in [2.24, 2.45) is 0 Å². The zero-order chi connectivity index (χ0) is 15.2. The molecule has 4 heteroatoms. The maximum Gasteiger partial charge on any atom is 0.313 e. The van der Waals surface area contributed by atoms with Gasteiger partial charge in [-0.2, -0.15) is 0 Å². The molecule has 1 atom stereocenters. The molecule has 1 aromatic heterocycles. The van der Waals surface area contributed by atoms with E-state index in [4.69, 9.17) is 4.74 Å². The number of carbonyl (C=O) groups is 1. The van der Waals surface area contributed by atoms with Gasteiger partial charge in [0.05, 0.1) is 19.6 Å². The number of benzene rings is 1. The van der Waals surface area contributed by atoms with Crippen molar-refractivity contribution in [1.82, 2.24) is 4.57 Å². The number of hydrogen-bond donors (Lipinski definition) is 0. The minimum atomic E-state index is -0.509. The van der Waals surface area contributed by atoms with E-state index in [1.165, 1.54) is 7.11 Å². The zero-order valence-electron chi connectivity index (χ0n) is 12.3. The highest BCUT2D eigenvalue weighted by Gasteiger charge is 2.22. The molecule has 0 fully saturated rings. The number of rotatable bonds is 5. The largest absolute Gasteiger partial charge is 0.469 e. The Hall–Kier alpha value is -2.36. The number of nitrogens with zero attached hydrogens (tertiary/aromatic N) is 1. The number of pyridine rings is 1. The molecule has 4 nitrogen and oxygen atoms in total. The quantitative estimate of drug-likeness (QED) is 0.793. The fraction of sp³-hybridized carbons (Fsp3) is 0.294. The number of methoxy groups -OCH3 is 1.